The van der Waals surface area contributed by atoms with Crippen molar-refractivity contribution in [3.63, 3.8) is 0 Å². The number of ether oxygens (including phenoxy) is 2. The van der Waals surface area contributed by atoms with Crippen LogP contribution in [0.2, 0.25) is 0 Å². The average molecular weight is 480 g/mol. The van der Waals surface area contributed by atoms with Crippen LogP contribution in [0.15, 0.2) is 71.3 Å². The minimum atomic E-state index is -1.14. The molecule has 0 aliphatic rings. The second-order valence-electron chi connectivity index (χ2n) is 7.91. The van der Waals surface area contributed by atoms with Crippen molar-refractivity contribution < 1.29 is 23.5 Å². The Kier molecular flexibility index (Phi) is 6.83. The van der Waals surface area contributed by atoms with Crippen LogP contribution in [-0.4, -0.2) is 29.2 Å². The molecule has 8 nitrogen and oxygen atoms in total. The Morgan fingerprint density at radius 3 is 2.53 bits per heavy atom. The minimum absolute atomic E-state index is 0.220. The molecule has 0 atom stereocenters. The molecule has 2 heterocycles. The van der Waals surface area contributed by atoms with Gasteiger partial charge in [0.25, 0.3) is 0 Å². The Hall–Kier alpha value is -3.85. The number of furan rings is 1. The number of carbonyl (C=O) groups excluding carboxylic acids is 2. The largest absolute Gasteiger partial charge is 0.476 e. The van der Waals surface area contributed by atoms with Crippen molar-refractivity contribution in [3.8, 4) is 5.75 Å². The fourth-order valence-electron chi connectivity index (χ4n) is 3.26. The molecule has 2 aromatic carbocycles. The number of para-hydroxylation sites is 1. The van der Waals surface area contributed by atoms with Crippen LogP contribution in [-0.2, 0) is 16.1 Å². The number of carbonyl (C=O) groups is 2. The molecule has 0 aliphatic carbocycles. The third-order valence-electron chi connectivity index (χ3n) is 4.94. The van der Waals surface area contributed by atoms with Crippen LogP contribution < -0.4 is 15.0 Å². The molecule has 9 heteroatoms. The summed E-state index contributed by atoms with van der Waals surface area (Å²) in [5.41, 5.74) is 0.303. The highest BCUT2D eigenvalue weighted by atomic mass is 32.1. The van der Waals surface area contributed by atoms with E-state index in [0.717, 1.165) is 10.2 Å². The maximum atomic E-state index is 13.2. The van der Waals surface area contributed by atoms with Gasteiger partial charge in [0.05, 0.1) is 29.6 Å². The molecule has 4 aromatic rings. The van der Waals surface area contributed by atoms with Crippen molar-refractivity contribution in [2.45, 2.75) is 32.9 Å². The second kappa shape index (κ2) is 9.96. The molecule has 0 radical (unpaired) electrons. The number of aromatic nitrogens is 1. The second-order valence-corrected chi connectivity index (χ2v) is 8.94. The standard InChI is InChI=1S/C25H25N3O5S/c1-4-31-22(29)25(2,3)33-18-13-11-17(12-14-18)28(16-19-8-7-15-32-19)24(30)27-23-26-20-9-5-6-10-21(20)34-23/h5-15H,4,16H2,1-3H3,(H,26,27,30). The SMILES string of the molecule is CCOC(=O)C(C)(C)Oc1ccc(N(Cc2ccco2)C(=O)Nc2nc3ccccc3s2)cc1. The summed E-state index contributed by atoms with van der Waals surface area (Å²) in [5.74, 6) is 0.656. The number of anilines is 2. The lowest BCUT2D eigenvalue weighted by molar-refractivity contribution is -0.158. The Bertz CT molecular complexity index is 1230. The lowest BCUT2D eigenvalue weighted by atomic mass is 10.1. The molecular weight excluding hydrogens is 454 g/mol. The van der Waals surface area contributed by atoms with E-state index in [2.05, 4.69) is 10.3 Å². The van der Waals surface area contributed by atoms with Crippen molar-refractivity contribution in [1.82, 2.24) is 4.98 Å². The highest BCUT2D eigenvalue weighted by Gasteiger charge is 2.31. The number of amides is 2. The molecule has 2 aromatic heterocycles. The maximum Gasteiger partial charge on any atom is 0.349 e. The van der Waals surface area contributed by atoms with Gasteiger partial charge in [-0.3, -0.25) is 10.2 Å². The molecule has 0 aliphatic heterocycles. The molecule has 176 valence electrons. The van der Waals surface area contributed by atoms with Gasteiger partial charge in [-0.05, 0) is 69.3 Å². The first-order chi connectivity index (χ1) is 16.4. The van der Waals surface area contributed by atoms with E-state index in [4.69, 9.17) is 13.9 Å². The lowest BCUT2D eigenvalue weighted by Gasteiger charge is -2.25. The highest BCUT2D eigenvalue weighted by Crippen LogP contribution is 2.28. The minimum Gasteiger partial charge on any atom is -0.476 e. The fourth-order valence-corrected chi connectivity index (χ4v) is 4.11. The van der Waals surface area contributed by atoms with Crippen LogP contribution >= 0.6 is 11.3 Å². The topological polar surface area (TPSA) is 93.9 Å². The Labute approximate surface area is 201 Å². The van der Waals surface area contributed by atoms with Crippen molar-refractivity contribution >= 4 is 44.4 Å². The number of fused-ring (bicyclic) bond motifs is 1. The van der Waals surface area contributed by atoms with E-state index >= 15 is 0 Å². The number of thiazole rings is 1. The smallest absolute Gasteiger partial charge is 0.349 e. The van der Waals surface area contributed by atoms with Gasteiger partial charge >= 0.3 is 12.0 Å². The molecule has 34 heavy (non-hydrogen) atoms. The van der Waals surface area contributed by atoms with Crippen LogP contribution in [0.1, 0.15) is 26.5 Å². The van der Waals surface area contributed by atoms with E-state index in [1.54, 1.807) is 68.3 Å². The molecule has 4 rings (SSSR count). The lowest BCUT2D eigenvalue weighted by Crippen LogP contribution is -2.39. The zero-order chi connectivity index (χ0) is 24.1. The van der Waals surface area contributed by atoms with Crippen LogP contribution in [0, 0.1) is 0 Å². The van der Waals surface area contributed by atoms with Crippen molar-refractivity contribution in [3.05, 3.63) is 72.7 Å². The highest BCUT2D eigenvalue weighted by molar-refractivity contribution is 7.22. The number of hydrogen-bond donors (Lipinski definition) is 1. The van der Waals surface area contributed by atoms with E-state index < -0.39 is 11.6 Å². The quantitative estimate of drug-likeness (QED) is 0.319. The van der Waals surface area contributed by atoms with Crippen LogP contribution in [0.25, 0.3) is 10.2 Å². The first kappa shape index (κ1) is 23.3. The predicted octanol–water partition coefficient (Wildman–Crippen LogP) is 5.85. The molecular formula is C25H25N3O5S. The summed E-state index contributed by atoms with van der Waals surface area (Å²) in [6.45, 7) is 5.53. The van der Waals surface area contributed by atoms with E-state index in [-0.39, 0.29) is 19.2 Å². The summed E-state index contributed by atoms with van der Waals surface area (Å²) in [7, 11) is 0. The number of hydrogen-bond acceptors (Lipinski definition) is 7. The summed E-state index contributed by atoms with van der Waals surface area (Å²) in [6.07, 6.45) is 1.56. The molecule has 0 spiro atoms. The summed E-state index contributed by atoms with van der Waals surface area (Å²) in [6, 6.07) is 17.8. The summed E-state index contributed by atoms with van der Waals surface area (Å²) >= 11 is 1.40. The van der Waals surface area contributed by atoms with Gasteiger partial charge in [-0.15, -0.1) is 0 Å². The third-order valence-corrected chi connectivity index (χ3v) is 5.89. The molecule has 0 saturated carbocycles. The zero-order valence-corrected chi connectivity index (χ0v) is 19.9. The summed E-state index contributed by atoms with van der Waals surface area (Å²) < 4.78 is 17.3. The van der Waals surface area contributed by atoms with Crippen molar-refractivity contribution in [2.24, 2.45) is 0 Å². The van der Waals surface area contributed by atoms with Crippen LogP contribution in [0.3, 0.4) is 0 Å². The average Bonchev–Trinajstić information content (AvgIpc) is 3.47. The monoisotopic (exact) mass is 479 g/mol. The first-order valence-electron chi connectivity index (χ1n) is 10.8. The number of nitrogens with one attached hydrogen (secondary N) is 1. The van der Waals surface area contributed by atoms with Gasteiger partial charge < -0.3 is 13.9 Å². The Balaban J connectivity index is 1.54. The number of esters is 1. The Morgan fingerprint density at radius 1 is 1.09 bits per heavy atom. The zero-order valence-electron chi connectivity index (χ0n) is 19.1. The van der Waals surface area contributed by atoms with Crippen LogP contribution in [0.4, 0.5) is 15.6 Å². The van der Waals surface area contributed by atoms with Gasteiger partial charge in [-0.25, -0.2) is 14.6 Å². The molecule has 0 unspecified atom stereocenters. The van der Waals surface area contributed by atoms with Gasteiger partial charge in [0.2, 0.25) is 0 Å². The summed E-state index contributed by atoms with van der Waals surface area (Å²) in [5, 5.41) is 3.39. The number of benzene rings is 2. The fraction of sp³-hybridized carbons (Fsp3) is 0.240. The molecule has 0 fully saturated rings. The van der Waals surface area contributed by atoms with Gasteiger partial charge in [0.15, 0.2) is 10.7 Å². The number of rotatable bonds is 8. The van der Waals surface area contributed by atoms with E-state index in [0.29, 0.717) is 22.3 Å². The van der Waals surface area contributed by atoms with Crippen molar-refractivity contribution in [2.75, 3.05) is 16.8 Å². The predicted molar refractivity (Wildman–Crippen MR) is 131 cm³/mol. The third kappa shape index (κ3) is 5.37. The van der Waals surface area contributed by atoms with E-state index in [9.17, 15) is 9.59 Å². The molecule has 1 N–H and O–H groups in total. The normalized spacial score (nSPS) is 11.3. The maximum absolute atomic E-state index is 13.2. The van der Waals surface area contributed by atoms with Gasteiger partial charge in [-0.2, -0.15) is 0 Å². The van der Waals surface area contributed by atoms with E-state index in [1.165, 1.54) is 11.3 Å². The molecule has 0 saturated heterocycles. The van der Waals surface area contributed by atoms with Gasteiger partial charge in [0, 0.05) is 5.69 Å². The Morgan fingerprint density at radius 2 is 1.85 bits per heavy atom. The number of nitrogens with zero attached hydrogens (tertiary/aromatic N) is 2. The van der Waals surface area contributed by atoms with Gasteiger partial charge in [-0.1, -0.05) is 23.5 Å². The number of urea groups is 1. The molecule has 0 bridgehead atoms. The van der Waals surface area contributed by atoms with Crippen molar-refractivity contribution in [1.29, 1.82) is 0 Å². The van der Waals surface area contributed by atoms with E-state index in [1.807, 2.05) is 24.3 Å². The summed E-state index contributed by atoms with van der Waals surface area (Å²) in [4.78, 5) is 31.4. The molecule has 2 amide bonds. The van der Waals surface area contributed by atoms with Gasteiger partial charge in [0.1, 0.15) is 11.5 Å². The first-order valence-corrected chi connectivity index (χ1v) is 11.6. The van der Waals surface area contributed by atoms with Crippen LogP contribution in [0.5, 0.6) is 5.75 Å².